The number of benzene rings is 5. The maximum atomic E-state index is 14.7. The van der Waals surface area contributed by atoms with E-state index < -0.39 is 146 Å². The minimum absolute atomic E-state index is 0. The maximum absolute atomic E-state index is 14.7. The van der Waals surface area contributed by atoms with Crippen molar-refractivity contribution in [2.75, 3.05) is 75.4 Å². The largest absolute Gasteiger partial charge is 1.00 e. The van der Waals surface area contributed by atoms with Crippen LogP contribution in [0.2, 0.25) is 38.3 Å². The van der Waals surface area contributed by atoms with E-state index in [9.17, 15) is 86.9 Å². The Kier molecular flexibility index (Phi) is 30.9. The number of nitrogens with zero attached hydrogens (tertiary/aromatic N) is 10. The van der Waals surface area contributed by atoms with E-state index in [0.717, 1.165) is 43.8 Å². The number of carbonyl (C=O) groups is 1. The molecular weight excluding hydrogens is 1740 g/mol. The summed E-state index contributed by atoms with van der Waals surface area (Å²) in [5.74, 6) is -14.1. The second-order valence-corrected chi connectivity index (χ2v) is 52.8. The Morgan fingerprint density at radius 1 is 0.471 bits per heavy atom. The molecule has 45 heteroatoms. The van der Waals surface area contributed by atoms with E-state index in [-0.39, 0.29) is 158 Å². The molecule has 0 bridgehead atoms. The summed E-state index contributed by atoms with van der Waals surface area (Å²) < 4.78 is 272. The monoisotopic (exact) mass is 1830 g/mol. The molecule has 0 amide bonds. The van der Waals surface area contributed by atoms with Crippen LogP contribution in [0, 0.1) is 36.0 Å². The number of halogens is 5. The number of quaternary nitrogens is 2. The number of unbranched alkanes of at least 4 members (excludes halogenated alkanes) is 7. The van der Waals surface area contributed by atoms with Crippen LogP contribution in [0.1, 0.15) is 125 Å². The minimum Gasteiger partial charge on any atom is 1.00 e. The number of carbonyl (C=O) groups excluding carboxylic acids is 1. The fourth-order valence-corrected chi connectivity index (χ4v) is 42.9. The predicted octanol–water partition coefficient (Wildman–Crippen LogP) is 0.653. The van der Waals surface area contributed by atoms with Crippen molar-refractivity contribution in [3.8, 4) is 5.75 Å². The first-order valence-corrected chi connectivity index (χ1v) is 54.6. The summed E-state index contributed by atoms with van der Waals surface area (Å²) in [6.07, 6.45) is 3.51. The molecule has 8 heterocycles. The third-order valence-corrected chi connectivity index (χ3v) is 42.7. The first kappa shape index (κ1) is 98.1. The molecule has 119 heavy (non-hydrogen) atoms. The van der Waals surface area contributed by atoms with Crippen LogP contribution < -0.4 is 104 Å². The van der Waals surface area contributed by atoms with Crippen molar-refractivity contribution < 1.29 is 210 Å². The van der Waals surface area contributed by atoms with Crippen LogP contribution in [-0.4, -0.2) is 220 Å². The van der Waals surface area contributed by atoms with Crippen LogP contribution in [0.3, 0.4) is 0 Å². The van der Waals surface area contributed by atoms with Gasteiger partial charge >= 0.3 is 686 Å². The zero-order chi connectivity index (χ0) is 84.1. The molecule has 13 rings (SSSR count). The van der Waals surface area contributed by atoms with E-state index in [2.05, 4.69) is 50.1 Å². The van der Waals surface area contributed by atoms with Crippen molar-refractivity contribution >= 4 is 138 Å². The molecule has 7 aromatic rings. The topological polar surface area (TPSA) is 384 Å². The van der Waals surface area contributed by atoms with E-state index >= 15 is 0 Å². The second kappa shape index (κ2) is 37.5. The van der Waals surface area contributed by atoms with Gasteiger partial charge in [-0.3, -0.25) is 4.79 Å². The zero-order valence-electron chi connectivity index (χ0n) is 67.4. The molecule has 0 saturated heterocycles. The van der Waals surface area contributed by atoms with Crippen molar-refractivity contribution in [2.24, 2.45) is 20.0 Å². The smallest absolute Gasteiger partial charge is 1.00 e. The Bertz CT molecular complexity index is 5790. The number of ether oxygens (including phenoxy) is 1. The maximum Gasteiger partial charge on any atom is 1.00 e. The van der Waals surface area contributed by atoms with Crippen molar-refractivity contribution in [3.05, 3.63) is 166 Å². The van der Waals surface area contributed by atoms with Crippen LogP contribution in [0.4, 0.5) is 33.6 Å². The molecule has 2 unspecified atom stereocenters. The summed E-state index contributed by atoms with van der Waals surface area (Å²) in [5, 5.41) is 2.90. The Hall–Kier alpha value is -4.67. The molecule has 2 aromatic heterocycles. The predicted molar refractivity (Wildman–Crippen MR) is 426 cm³/mol. The number of esters is 1. The Morgan fingerprint density at radius 3 is 1.17 bits per heavy atom. The summed E-state index contributed by atoms with van der Waals surface area (Å²) in [7, 11) is -36.1. The zero-order valence-corrected chi connectivity index (χ0v) is 80.5. The van der Waals surface area contributed by atoms with Crippen molar-refractivity contribution in [3.63, 3.8) is 0 Å². The molecule has 2 atom stereocenters. The van der Waals surface area contributed by atoms with Gasteiger partial charge in [-0.1, -0.05) is 0 Å². The molecule has 5 aromatic carbocycles. The molecule has 1 spiro atoms. The standard InChI is InChI=1S/C74H93F5N10O16S4Si3.3Na.O3S/c1-6-7-38-88(40-19-23-46-106(91,92)93,41-20-24-47-107(94,95)96)44-27-50-110(2,3)104-112(105-111(4,5)51-28-45-89(42-21-25-48-108(97,98)99,43-22-26-49-109(100,101)102)39-18-8-9-37-60(90)103-66-64(78)62(76)61(75)63(77)65(66)79)84-67-52-29-10-11-30-53(52)68(84)81-70-56-33-14-15-34-57(56)72(86(70)112)83-74-59-36-17-16-35-58(59)73(87(74)112)82-71-55-32-13-12-31-54(55)69(80-67)85(71)112;;;;1-4(2)3/h10-17,29-36H,1,6-9,18-28,37-51H2,2-5H3,(H3-,91,92,93,94,95,96,97,98,99,100,101,102);;;;/q;3*+1;/p-1. The van der Waals surface area contributed by atoms with Gasteiger partial charge in [0.25, 0.3) is 0 Å². The Labute approximate surface area is 757 Å². The van der Waals surface area contributed by atoms with Crippen LogP contribution >= 0.6 is 0 Å². The van der Waals surface area contributed by atoms with Crippen molar-refractivity contribution in [1.82, 2.24) is 8.47 Å². The molecule has 0 fully saturated rings. The first-order valence-electron chi connectivity index (χ1n) is 38.4. The normalized spacial score (nSPS) is 17.1. The molecular formula is C74H92F5N10Na3O19S5Si3+2. The van der Waals surface area contributed by atoms with Gasteiger partial charge in [-0.2, -0.15) is 8.78 Å². The number of aliphatic imine (C=N–C) groups is 2. The Morgan fingerprint density at radius 2 is 0.798 bits per heavy atom. The van der Waals surface area contributed by atoms with Gasteiger partial charge in [-0.15, -0.1) is 12.6 Å². The quantitative estimate of drug-likeness (QED) is 0.00507. The number of amidine groups is 4. The average molecular weight is 1830 g/mol. The van der Waals surface area contributed by atoms with Gasteiger partial charge in [0.2, 0.25) is 34.8 Å². The van der Waals surface area contributed by atoms with E-state index in [1.165, 1.54) is 0 Å². The van der Waals surface area contributed by atoms with Crippen molar-refractivity contribution in [1.29, 1.82) is 0 Å². The van der Waals surface area contributed by atoms with Gasteiger partial charge in [-0.25, -0.2) is 13.2 Å². The Balaban J connectivity index is 0.00000225. The molecule has 0 aliphatic carbocycles. The number of hydrogen-bond donors (Lipinski definition) is 2. The minimum atomic E-state index is -7.45. The van der Waals surface area contributed by atoms with E-state index in [0.29, 0.717) is 147 Å². The number of fused-ring (bicyclic) bond motifs is 12. The fraction of sp³-hybridized carbons (Fsp3) is 0.459. The molecule has 6 aliphatic rings. The van der Waals surface area contributed by atoms with Crippen LogP contribution in [0.15, 0.2) is 117 Å². The summed E-state index contributed by atoms with van der Waals surface area (Å²) in [5.41, 5.74) is 3.85. The summed E-state index contributed by atoms with van der Waals surface area (Å²) in [6, 6.07) is 32.4. The molecule has 6 aliphatic heterocycles. The SMILES string of the molecule is O=S(=O)=O.[CH2-]CCC[N+](CCCCS(=O)(=O)[O-])(CCCCS(=O)(=O)O)CCC[Si](C)(C)O[Si-2]123(O[Si](C)(C)CCC[N+](CCCCCC(=O)Oc4c(F)c(F)c(F)c(F)c4F)(CCCCS(=O)(=O)[O-])CCCCS(=O)(=O)O)n4c5c6ccccc6c4N=C4c6ccccc6C(=[N+]41)N=c1c4ccccc4c(n12)=NC1=[N+]3C(=N5)c2ccccc21.[Na+].[Na+].[Na+]. The average Bonchev–Trinajstić information content (AvgIpc) is 1.46. The molecule has 2 N–H and O–H groups in total. The van der Waals surface area contributed by atoms with Crippen LogP contribution in [0.5, 0.6) is 5.75 Å². The van der Waals surface area contributed by atoms with Gasteiger partial charge in [0, 0.05) is 0 Å². The van der Waals surface area contributed by atoms with Gasteiger partial charge in [0.15, 0.2) is 0 Å². The number of rotatable bonds is 42. The molecule has 0 saturated carbocycles. The van der Waals surface area contributed by atoms with Crippen LogP contribution in [0.25, 0.3) is 21.5 Å². The molecule has 630 valence electrons. The summed E-state index contributed by atoms with van der Waals surface area (Å²) in [4.78, 5) is 36.5. The van der Waals surface area contributed by atoms with Gasteiger partial charge in [-0.05, 0) is 0 Å². The van der Waals surface area contributed by atoms with Crippen molar-refractivity contribution in [2.45, 2.75) is 141 Å². The third-order valence-electron chi connectivity index (χ3n) is 22.8. The second-order valence-electron chi connectivity index (χ2n) is 31.9. The molecule has 29 nitrogen and oxygen atoms in total. The first-order chi connectivity index (χ1) is 54.5. The van der Waals surface area contributed by atoms with Gasteiger partial charge < -0.3 is 4.74 Å². The van der Waals surface area contributed by atoms with E-state index in [1.807, 2.05) is 97.1 Å². The van der Waals surface area contributed by atoms with Gasteiger partial charge in [0.05, 0.1) is 0 Å². The van der Waals surface area contributed by atoms with E-state index in [4.69, 9.17) is 37.3 Å². The van der Waals surface area contributed by atoms with Gasteiger partial charge in [0.1, 0.15) is 0 Å². The molecule has 0 radical (unpaired) electrons. The summed E-state index contributed by atoms with van der Waals surface area (Å²) >= 11 is 0. The number of hydrogen-bond acceptors (Lipinski definition) is 21. The summed E-state index contributed by atoms with van der Waals surface area (Å²) in [6.45, 7) is 15.9. The number of aromatic nitrogens is 2. The third kappa shape index (κ3) is 19.4. The fourth-order valence-electron chi connectivity index (χ4n) is 18.4. The van der Waals surface area contributed by atoms with E-state index in [1.54, 1.807) is 0 Å². The van der Waals surface area contributed by atoms with Crippen LogP contribution in [-0.2, 0) is 64.1 Å².